The Hall–Kier alpha value is -5.53. The highest BCUT2D eigenvalue weighted by molar-refractivity contribution is 7.99. The van der Waals surface area contributed by atoms with Gasteiger partial charge in [0.2, 0.25) is 11.8 Å². The minimum absolute atomic E-state index is 0.0509. The number of rotatable bonds is 15. The van der Waals surface area contributed by atoms with Crippen molar-refractivity contribution in [1.82, 2.24) is 10.3 Å². The Bertz CT molecular complexity index is 2060. The Morgan fingerprint density at radius 3 is 2.33 bits per heavy atom. The van der Waals surface area contributed by atoms with Gasteiger partial charge in [-0.3, -0.25) is 9.59 Å². The first-order chi connectivity index (χ1) is 26.2. The minimum Gasteiger partial charge on any atom is -0.478 e. The van der Waals surface area contributed by atoms with Gasteiger partial charge in [0.1, 0.15) is 5.03 Å². The Morgan fingerprint density at radius 1 is 0.815 bits per heavy atom. The average Bonchev–Trinajstić information content (AvgIpc) is 3.20. The number of anilines is 2. The monoisotopic (exact) mass is 746 g/mol. The van der Waals surface area contributed by atoms with Crippen molar-refractivity contribution in [2.24, 2.45) is 0 Å². The van der Waals surface area contributed by atoms with Crippen LogP contribution in [-0.4, -0.2) is 44.8 Å². The Morgan fingerprint density at radius 2 is 1.57 bits per heavy atom. The van der Waals surface area contributed by atoms with Gasteiger partial charge in [0, 0.05) is 43.3 Å². The highest BCUT2D eigenvalue weighted by atomic mass is 32.2. The molecule has 1 aliphatic heterocycles. The molecule has 0 unspecified atom stereocenters. The van der Waals surface area contributed by atoms with Gasteiger partial charge in [-0.25, -0.2) is 9.78 Å². The molecule has 1 aromatic heterocycles. The lowest BCUT2D eigenvalue weighted by Crippen LogP contribution is -2.31. The lowest BCUT2D eigenvalue weighted by Gasteiger charge is -2.36. The van der Waals surface area contributed by atoms with Crippen LogP contribution in [-0.2, 0) is 32.2 Å². The summed E-state index contributed by atoms with van der Waals surface area (Å²) in [4.78, 5) is 40.9. The molecule has 54 heavy (non-hydrogen) atoms. The van der Waals surface area contributed by atoms with Crippen LogP contribution in [0, 0.1) is 0 Å². The van der Waals surface area contributed by atoms with E-state index in [9.17, 15) is 24.6 Å². The average molecular weight is 747 g/mol. The molecule has 12 heteroatoms. The van der Waals surface area contributed by atoms with Crippen LogP contribution in [0.3, 0.4) is 0 Å². The molecule has 5 aromatic rings. The molecule has 3 atom stereocenters. The highest BCUT2D eigenvalue weighted by Gasteiger charge is 2.32. The van der Waals surface area contributed by atoms with Crippen LogP contribution in [0.15, 0.2) is 120 Å². The SMILES string of the molecule is Nc1ccccc1NC(=O)CCCC(=O)NCc1cccc(-c2ccc([C@H]3O[C@@H](CSc4ncccc4C(=O)O)C[C@@H](c4ccc(CO)cc4)O3)cc2)c1. The summed E-state index contributed by atoms with van der Waals surface area (Å²) in [6, 6.07) is 33.7. The Kier molecular flexibility index (Phi) is 13.1. The fourth-order valence-corrected chi connectivity index (χ4v) is 7.08. The highest BCUT2D eigenvalue weighted by Crippen LogP contribution is 2.40. The second kappa shape index (κ2) is 18.5. The molecule has 4 aromatic carbocycles. The van der Waals surface area contributed by atoms with E-state index in [1.807, 2.05) is 72.8 Å². The summed E-state index contributed by atoms with van der Waals surface area (Å²) in [6.07, 6.45) is 1.76. The van der Waals surface area contributed by atoms with Gasteiger partial charge >= 0.3 is 5.97 Å². The van der Waals surface area contributed by atoms with Crippen molar-refractivity contribution in [3.05, 3.63) is 143 Å². The number of aliphatic hydroxyl groups excluding tert-OH is 1. The van der Waals surface area contributed by atoms with Crippen molar-refractivity contribution in [2.45, 2.75) is 62.4 Å². The van der Waals surface area contributed by atoms with Gasteiger partial charge in [-0.15, -0.1) is 11.8 Å². The zero-order valence-electron chi connectivity index (χ0n) is 29.5. The zero-order valence-corrected chi connectivity index (χ0v) is 30.3. The molecule has 0 radical (unpaired) electrons. The summed E-state index contributed by atoms with van der Waals surface area (Å²) in [6.45, 7) is 0.304. The van der Waals surface area contributed by atoms with Gasteiger partial charge in [0.15, 0.2) is 6.29 Å². The third-order valence-corrected chi connectivity index (χ3v) is 10.1. The summed E-state index contributed by atoms with van der Waals surface area (Å²) in [5.41, 5.74) is 12.6. The zero-order chi connectivity index (χ0) is 37.9. The molecule has 0 bridgehead atoms. The van der Waals surface area contributed by atoms with E-state index in [4.69, 9.17) is 15.2 Å². The van der Waals surface area contributed by atoms with Crippen molar-refractivity contribution in [3.8, 4) is 11.1 Å². The predicted molar refractivity (Wildman–Crippen MR) is 207 cm³/mol. The second-order valence-corrected chi connectivity index (χ2v) is 13.9. The third kappa shape index (κ3) is 10.3. The van der Waals surface area contributed by atoms with Gasteiger partial charge < -0.3 is 36.1 Å². The summed E-state index contributed by atoms with van der Waals surface area (Å²) < 4.78 is 13.0. The largest absolute Gasteiger partial charge is 0.478 e. The number of ether oxygens (including phenoxy) is 2. The molecule has 1 saturated heterocycles. The molecule has 6 N–H and O–H groups in total. The predicted octanol–water partition coefficient (Wildman–Crippen LogP) is 7.28. The maximum Gasteiger partial charge on any atom is 0.338 e. The number of aromatic carboxylic acids is 1. The topological polar surface area (TPSA) is 173 Å². The third-order valence-electron chi connectivity index (χ3n) is 9.00. The number of carbonyl (C=O) groups excluding carboxylic acids is 2. The van der Waals surface area contributed by atoms with E-state index >= 15 is 0 Å². The van der Waals surface area contributed by atoms with E-state index in [1.165, 1.54) is 11.8 Å². The number of para-hydroxylation sites is 2. The number of aliphatic hydroxyl groups is 1. The first kappa shape index (κ1) is 38.2. The minimum atomic E-state index is -1.03. The van der Waals surface area contributed by atoms with Crippen LogP contribution in [0.4, 0.5) is 11.4 Å². The molecule has 6 rings (SSSR count). The molecule has 11 nitrogen and oxygen atoms in total. The molecule has 0 spiro atoms. The van der Waals surface area contributed by atoms with Crippen molar-refractivity contribution < 1.29 is 34.1 Å². The normalized spacial score (nSPS) is 16.7. The van der Waals surface area contributed by atoms with Crippen LogP contribution in [0.25, 0.3) is 11.1 Å². The van der Waals surface area contributed by atoms with Crippen LogP contribution in [0.1, 0.15) is 70.7 Å². The molecule has 2 amide bonds. The summed E-state index contributed by atoms with van der Waals surface area (Å²) in [5.74, 6) is -0.878. The number of hydrogen-bond acceptors (Lipinski definition) is 9. The van der Waals surface area contributed by atoms with Gasteiger partial charge in [-0.1, -0.05) is 78.9 Å². The summed E-state index contributed by atoms with van der Waals surface area (Å²) in [7, 11) is 0. The molecule has 2 heterocycles. The van der Waals surface area contributed by atoms with Gasteiger partial charge in [-0.05, 0) is 64.6 Å². The number of benzene rings is 4. The number of amides is 2. The second-order valence-electron chi connectivity index (χ2n) is 12.9. The fourth-order valence-electron chi connectivity index (χ4n) is 6.08. The summed E-state index contributed by atoms with van der Waals surface area (Å²) in [5, 5.41) is 25.3. The van der Waals surface area contributed by atoms with Gasteiger partial charge in [0.05, 0.1) is 35.8 Å². The lowest BCUT2D eigenvalue weighted by molar-refractivity contribution is -0.245. The first-order valence-electron chi connectivity index (χ1n) is 17.7. The van der Waals surface area contributed by atoms with E-state index in [1.54, 1.807) is 42.6 Å². The van der Waals surface area contributed by atoms with Crippen LogP contribution >= 0.6 is 11.8 Å². The number of nitrogens with zero attached hydrogens (tertiary/aromatic N) is 1. The number of nitrogens with one attached hydrogen (secondary N) is 2. The van der Waals surface area contributed by atoms with E-state index < -0.39 is 12.3 Å². The molecular formula is C42H42N4O7S. The molecule has 278 valence electrons. The maximum absolute atomic E-state index is 12.5. The van der Waals surface area contributed by atoms with Crippen LogP contribution in [0.5, 0.6) is 0 Å². The van der Waals surface area contributed by atoms with Crippen LogP contribution < -0.4 is 16.4 Å². The smallest absolute Gasteiger partial charge is 0.338 e. The molecule has 1 fully saturated rings. The number of carboxylic acid groups (broad SMARTS) is 1. The van der Waals surface area contributed by atoms with E-state index in [0.29, 0.717) is 41.5 Å². The fraction of sp³-hybridized carbons (Fsp3) is 0.238. The number of nitrogens with two attached hydrogens (primary N) is 1. The van der Waals surface area contributed by atoms with E-state index in [-0.39, 0.29) is 49.0 Å². The van der Waals surface area contributed by atoms with Gasteiger partial charge in [-0.2, -0.15) is 0 Å². The number of pyridine rings is 1. The van der Waals surface area contributed by atoms with Crippen molar-refractivity contribution >= 4 is 40.9 Å². The molecular weight excluding hydrogens is 705 g/mol. The number of hydrogen-bond donors (Lipinski definition) is 5. The number of thioether (sulfide) groups is 1. The lowest BCUT2D eigenvalue weighted by atomic mass is 9.99. The molecule has 1 aliphatic rings. The van der Waals surface area contributed by atoms with Crippen molar-refractivity contribution in [1.29, 1.82) is 0 Å². The molecule has 0 saturated carbocycles. The first-order valence-corrected chi connectivity index (χ1v) is 18.7. The van der Waals surface area contributed by atoms with E-state index in [2.05, 4.69) is 15.6 Å². The Balaban J connectivity index is 1.06. The van der Waals surface area contributed by atoms with Crippen molar-refractivity contribution in [3.63, 3.8) is 0 Å². The summed E-state index contributed by atoms with van der Waals surface area (Å²) >= 11 is 1.34. The van der Waals surface area contributed by atoms with Crippen LogP contribution in [0.2, 0.25) is 0 Å². The van der Waals surface area contributed by atoms with E-state index in [0.717, 1.165) is 33.4 Å². The number of carbonyl (C=O) groups is 3. The maximum atomic E-state index is 12.5. The quantitative estimate of drug-likeness (QED) is 0.0541. The standard InChI is InChI=1S/C42H42N4O7S/c43-35-9-1-2-10-36(35)46-39(49)12-4-11-38(48)45-24-28-6-3-7-32(22-28)29-17-19-31(20-18-29)42-52-33(26-54-40-34(41(50)51)8-5-21-44-40)23-37(53-42)30-15-13-27(25-47)14-16-30/h1-3,5-10,13-22,33,37,42,47H,4,11-12,23-26,43H2,(H,45,48)(H,46,49)(H,50,51)/t33-,37+,42+/m1/s1. The van der Waals surface area contributed by atoms with Gasteiger partial charge in [0.25, 0.3) is 0 Å². The number of aromatic nitrogens is 1. The number of nitrogen functional groups attached to an aromatic ring is 1. The number of carboxylic acids is 1. The molecule has 0 aliphatic carbocycles. The van der Waals surface area contributed by atoms with Crippen molar-refractivity contribution in [2.75, 3.05) is 16.8 Å². The Labute approximate surface area is 317 Å².